The van der Waals surface area contributed by atoms with Gasteiger partial charge in [-0.3, -0.25) is 4.90 Å². The molecule has 0 amide bonds. The Bertz CT molecular complexity index is 714. The van der Waals surface area contributed by atoms with Crippen molar-refractivity contribution in [3.05, 3.63) is 29.8 Å². The molecule has 3 aliphatic heterocycles. The summed E-state index contributed by atoms with van der Waals surface area (Å²) in [5, 5.41) is 29.0. The standard InChI is InChI=1S/C23H35N3O5/c27-20-7-14-31-21(22(20)28)16-25-12-10-24(11-13-25)15-17-5-8-26(9-6-17)19-3-1-18(2-4-19)23(29)30/h1-4,17,20-22,27-28H,5-16H2,(H,29,30). The Balaban J connectivity index is 1.17. The Morgan fingerprint density at radius 2 is 1.52 bits per heavy atom. The fourth-order valence-electron chi connectivity index (χ4n) is 4.98. The van der Waals surface area contributed by atoms with Crippen molar-refractivity contribution in [1.29, 1.82) is 0 Å². The van der Waals surface area contributed by atoms with Gasteiger partial charge in [-0.2, -0.15) is 0 Å². The van der Waals surface area contributed by atoms with Crippen molar-refractivity contribution in [3.63, 3.8) is 0 Å². The van der Waals surface area contributed by atoms with Crippen LogP contribution in [-0.2, 0) is 4.74 Å². The molecular formula is C23H35N3O5. The van der Waals surface area contributed by atoms with Crippen molar-refractivity contribution >= 4 is 11.7 Å². The number of carboxylic acid groups (broad SMARTS) is 1. The van der Waals surface area contributed by atoms with E-state index >= 15 is 0 Å². The lowest BCUT2D eigenvalue weighted by Gasteiger charge is -2.41. The molecule has 3 saturated heterocycles. The van der Waals surface area contributed by atoms with E-state index in [0.29, 0.717) is 31.1 Å². The van der Waals surface area contributed by atoms with Crippen LogP contribution >= 0.6 is 0 Å². The van der Waals surface area contributed by atoms with Gasteiger partial charge in [0.05, 0.1) is 17.8 Å². The molecule has 1 aromatic carbocycles. The van der Waals surface area contributed by atoms with Crippen LogP contribution in [0.2, 0.25) is 0 Å². The number of piperazine rings is 1. The first kappa shape index (κ1) is 22.5. The highest BCUT2D eigenvalue weighted by molar-refractivity contribution is 5.88. The summed E-state index contributed by atoms with van der Waals surface area (Å²) >= 11 is 0. The molecule has 3 atom stereocenters. The Labute approximate surface area is 184 Å². The third-order valence-electron chi connectivity index (χ3n) is 7.03. The van der Waals surface area contributed by atoms with Crippen LogP contribution in [0.4, 0.5) is 5.69 Å². The van der Waals surface area contributed by atoms with Crippen molar-refractivity contribution in [2.45, 2.75) is 37.6 Å². The second-order valence-electron chi connectivity index (χ2n) is 9.14. The first-order valence-corrected chi connectivity index (χ1v) is 11.5. The number of piperidine rings is 1. The maximum absolute atomic E-state index is 11.0. The number of ether oxygens (including phenoxy) is 1. The highest BCUT2D eigenvalue weighted by Crippen LogP contribution is 2.25. The van der Waals surface area contributed by atoms with Crippen LogP contribution in [0.25, 0.3) is 0 Å². The van der Waals surface area contributed by atoms with Gasteiger partial charge >= 0.3 is 5.97 Å². The lowest BCUT2D eigenvalue weighted by atomic mass is 9.95. The van der Waals surface area contributed by atoms with Crippen LogP contribution in [-0.4, -0.2) is 108 Å². The van der Waals surface area contributed by atoms with Gasteiger partial charge in [0.2, 0.25) is 0 Å². The Morgan fingerprint density at radius 3 is 2.13 bits per heavy atom. The molecule has 0 bridgehead atoms. The number of hydrogen-bond acceptors (Lipinski definition) is 7. The number of benzene rings is 1. The van der Waals surface area contributed by atoms with Gasteiger partial charge in [0.25, 0.3) is 0 Å². The SMILES string of the molecule is O=C(O)c1ccc(N2CCC(CN3CCN(CC4OCCC(O)C4O)CC3)CC2)cc1. The van der Waals surface area contributed by atoms with E-state index in [4.69, 9.17) is 9.84 Å². The number of aromatic carboxylic acids is 1. The van der Waals surface area contributed by atoms with E-state index in [9.17, 15) is 15.0 Å². The molecule has 172 valence electrons. The fraction of sp³-hybridized carbons (Fsp3) is 0.696. The summed E-state index contributed by atoms with van der Waals surface area (Å²) in [6.45, 7) is 8.35. The summed E-state index contributed by atoms with van der Waals surface area (Å²) in [7, 11) is 0. The predicted octanol–water partition coefficient (Wildman–Crippen LogP) is 0.730. The van der Waals surface area contributed by atoms with E-state index in [0.717, 1.165) is 64.3 Å². The third kappa shape index (κ3) is 5.75. The number of carbonyl (C=O) groups is 1. The maximum Gasteiger partial charge on any atom is 0.335 e. The number of nitrogens with zero attached hydrogens (tertiary/aromatic N) is 3. The lowest BCUT2D eigenvalue weighted by molar-refractivity contribution is -0.143. The molecule has 0 spiro atoms. The number of hydrogen-bond donors (Lipinski definition) is 3. The van der Waals surface area contributed by atoms with E-state index in [1.807, 2.05) is 12.1 Å². The Kier molecular flexibility index (Phi) is 7.45. The quantitative estimate of drug-likeness (QED) is 0.604. The molecule has 0 aliphatic carbocycles. The average Bonchev–Trinajstić information content (AvgIpc) is 2.79. The van der Waals surface area contributed by atoms with Gasteiger partial charge in [-0.05, 0) is 49.4 Å². The molecule has 0 saturated carbocycles. The number of aliphatic hydroxyl groups excluding tert-OH is 2. The molecule has 1 aromatic rings. The second-order valence-corrected chi connectivity index (χ2v) is 9.14. The third-order valence-corrected chi connectivity index (χ3v) is 7.03. The zero-order valence-electron chi connectivity index (χ0n) is 18.1. The molecule has 3 fully saturated rings. The summed E-state index contributed by atoms with van der Waals surface area (Å²) in [6, 6.07) is 7.19. The van der Waals surface area contributed by atoms with E-state index < -0.39 is 18.2 Å². The first-order valence-electron chi connectivity index (χ1n) is 11.5. The fourth-order valence-corrected chi connectivity index (χ4v) is 4.98. The summed E-state index contributed by atoms with van der Waals surface area (Å²) in [6.07, 6.45) is 1.09. The minimum atomic E-state index is -0.884. The largest absolute Gasteiger partial charge is 0.478 e. The molecule has 0 radical (unpaired) electrons. The van der Waals surface area contributed by atoms with Crippen LogP contribution in [0.1, 0.15) is 29.6 Å². The van der Waals surface area contributed by atoms with Crippen molar-refractivity contribution < 1.29 is 24.9 Å². The molecular weight excluding hydrogens is 398 g/mol. The zero-order valence-corrected chi connectivity index (χ0v) is 18.1. The van der Waals surface area contributed by atoms with Crippen molar-refractivity contribution in [2.24, 2.45) is 5.92 Å². The van der Waals surface area contributed by atoms with Crippen LogP contribution in [0.3, 0.4) is 0 Å². The highest BCUT2D eigenvalue weighted by Gasteiger charge is 2.33. The molecule has 3 unspecified atom stereocenters. The van der Waals surface area contributed by atoms with E-state index in [1.54, 1.807) is 12.1 Å². The average molecular weight is 434 g/mol. The second kappa shape index (κ2) is 10.3. The topological polar surface area (TPSA) is 96.7 Å². The molecule has 8 nitrogen and oxygen atoms in total. The first-order chi connectivity index (χ1) is 15.0. The minimum absolute atomic E-state index is 0.288. The summed E-state index contributed by atoms with van der Waals surface area (Å²) in [4.78, 5) is 18.3. The van der Waals surface area contributed by atoms with E-state index in [1.165, 1.54) is 0 Å². The van der Waals surface area contributed by atoms with Gasteiger partial charge in [-0.1, -0.05) is 0 Å². The van der Waals surface area contributed by atoms with Crippen LogP contribution in [0, 0.1) is 5.92 Å². The number of anilines is 1. The number of rotatable bonds is 6. The molecule has 31 heavy (non-hydrogen) atoms. The monoisotopic (exact) mass is 433 g/mol. The normalized spacial score (nSPS) is 29.2. The molecule has 8 heteroatoms. The highest BCUT2D eigenvalue weighted by atomic mass is 16.5. The minimum Gasteiger partial charge on any atom is -0.478 e. The molecule has 0 aromatic heterocycles. The molecule has 3 N–H and O–H groups in total. The van der Waals surface area contributed by atoms with Gasteiger partial charge in [0, 0.05) is 64.7 Å². The smallest absolute Gasteiger partial charge is 0.335 e. The van der Waals surface area contributed by atoms with Crippen LogP contribution in [0.5, 0.6) is 0 Å². The summed E-state index contributed by atoms with van der Waals surface area (Å²) in [5.74, 6) is -0.190. The van der Waals surface area contributed by atoms with Gasteiger partial charge in [-0.25, -0.2) is 4.79 Å². The Morgan fingerprint density at radius 1 is 0.903 bits per heavy atom. The van der Waals surface area contributed by atoms with E-state index in [2.05, 4.69) is 14.7 Å². The predicted molar refractivity (Wildman–Crippen MR) is 118 cm³/mol. The van der Waals surface area contributed by atoms with Crippen LogP contribution in [0.15, 0.2) is 24.3 Å². The maximum atomic E-state index is 11.0. The van der Waals surface area contributed by atoms with Crippen molar-refractivity contribution in [2.75, 3.05) is 63.9 Å². The lowest BCUT2D eigenvalue weighted by Crippen LogP contribution is -2.54. The van der Waals surface area contributed by atoms with Crippen molar-refractivity contribution in [3.8, 4) is 0 Å². The van der Waals surface area contributed by atoms with Gasteiger partial charge in [-0.15, -0.1) is 0 Å². The van der Waals surface area contributed by atoms with Crippen LogP contribution < -0.4 is 4.90 Å². The summed E-state index contributed by atoms with van der Waals surface area (Å²) in [5.41, 5.74) is 1.44. The van der Waals surface area contributed by atoms with Gasteiger partial charge in [0.1, 0.15) is 6.10 Å². The molecule has 4 rings (SSSR count). The van der Waals surface area contributed by atoms with Gasteiger partial charge < -0.3 is 29.9 Å². The molecule has 3 aliphatic rings. The number of aliphatic hydroxyl groups is 2. The zero-order chi connectivity index (χ0) is 21.8. The molecule has 3 heterocycles. The Hall–Kier alpha value is -1.71. The van der Waals surface area contributed by atoms with Crippen molar-refractivity contribution in [1.82, 2.24) is 9.80 Å². The van der Waals surface area contributed by atoms with E-state index in [-0.39, 0.29) is 6.10 Å². The number of carboxylic acids is 1. The summed E-state index contributed by atoms with van der Waals surface area (Å²) < 4.78 is 5.68. The van der Waals surface area contributed by atoms with Gasteiger partial charge in [0.15, 0.2) is 0 Å².